The lowest BCUT2D eigenvalue weighted by Gasteiger charge is -2.10. The summed E-state index contributed by atoms with van der Waals surface area (Å²) < 4.78 is 6.38. The molecule has 0 atom stereocenters. The van der Waals surface area contributed by atoms with Crippen LogP contribution in [0.1, 0.15) is 16.7 Å². The van der Waals surface area contributed by atoms with Gasteiger partial charge in [-0.1, -0.05) is 29.8 Å². The zero-order valence-electron chi connectivity index (χ0n) is 16.1. The van der Waals surface area contributed by atoms with E-state index in [0.29, 0.717) is 10.8 Å². The van der Waals surface area contributed by atoms with Crippen LogP contribution >= 0.6 is 27.5 Å². The lowest BCUT2D eigenvalue weighted by molar-refractivity contribution is -0.118. The van der Waals surface area contributed by atoms with Crippen LogP contribution in [0, 0.1) is 13.8 Å². The molecule has 0 bridgehead atoms. The minimum atomic E-state index is -0.218. The van der Waals surface area contributed by atoms with E-state index in [-0.39, 0.29) is 12.5 Å². The number of ether oxygens (including phenoxy) is 1. The van der Waals surface area contributed by atoms with E-state index in [1.807, 2.05) is 68.4 Å². The Bertz CT molecular complexity index is 1070. The number of rotatable bonds is 6. The summed E-state index contributed by atoms with van der Waals surface area (Å²) in [6.07, 6.45) is 1.76. The molecule has 0 aromatic heterocycles. The Kier molecular flexibility index (Phi) is 7.07. The zero-order valence-corrected chi connectivity index (χ0v) is 18.4. The van der Waals surface area contributed by atoms with Crippen molar-refractivity contribution in [1.82, 2.24) is 0 Å². The highest BCUT2D eigenvalue weighted by molar-refractivity contribution is 9.10. The van der Waals surface area contributed by atoms with E-state index in [4.69, 9.17) is 16.3 Å². The van der Waals surface area contributed by atoms with Gasteiger partial charge in [0.05, 0.1) is 10.2 Å². The summed E-state index contributed by atoms with van der Waals surface area (Å²) in [6, 6.07) is 18.8. The number of amides is 1. The van der Waals surface area contributed by atoms with Gasteiger partial charge in [0, 0.05) is 16.9 Å². The summed E-state index contributed by atoms with van der Waals surface area (Å²) in [5.41, 5.74) is 4.59. The topological polar surface area (TPSA) is 50.7 Å². The molecule has 29 heavy (non-hydrogen) atoms. The molecule has 0 spiro atoms. The van der Waals surface area contributed by atoms with Crippen LogP contribution in [0.25, 0.3) is 0 Å². The number of anilines is 1. The van der Waals surface area contributed by atoms with Gasteiger partial charge < -0.3 is 10.1 Å². The molecule has 0 heterocycles. The molecular weight excluding hydrogens is 452 g/mol. The van der Waals surface area contributed by atoms with Crippen molar-refractivity contribution in [2.45, 2.75) is 13.8 Å². The summed E-state index contributed by atoms with van der Waals surface area (Å²) in [5, 5.41) is 3.47. The lowest BCUT2D eigenvalue weighted by atomic mass is 10.2. The fourth-order valence-electron chi connectivity index (χ4n) is 2.64. The van der Waals surface area contributed by atoms with Crippen molar-refractivity contribution in [1.29, 1.82) is 0 Å². The smallest absolute Gasteiger partial charge is 0.262 e. The summed E-state index contributed by atoms with van der Waals surface area (Å²) in [4.78, 5) is 16.6. The van der Waals surface area contributed by atoms with Crippen molar-refractivity contribution in [3.05, 3.63) is 86.8 Å². The quantitative estimate of drug-likeness (QED) is 0.418. The van der Waals surface area contributed by atoms with Crippen LogP contribution in [0.4, 0.5) is 11.4 Å². The number of hydrogen-bond donors (Lipinski definition) is 1. The van der Waals surface area contributed by atoms with Crippen molar-refractivity contribution in [2.24, 2.45) is 4.99 Å². The third-order valence-corrected chi connectivity index (χ3v) is 5.00. The van der Waals surface area contributed by atoms with Crippen molar-refractivity contribution < 1.29 is 9.53 Å². The van der Waals surface area contributed by atoms with Crippen LogP contribution in [0.5, 0.6) is 5.75 Å². The number of nitrogens with one attached hydrogen (secondary N) is 1. The summed E-state index contributed by atoms with van der Waals surface area (Å²) in [7, 11) is 0. The minimum absolute atomic E-state index is 0.0817. The van der Waals surface area contributed by atoms with E-state index in [1.165, 1.54) is 0 Å². The monoisotopic (exact) mass is 470 g/mol. The number of hydrogen-bond acceptors (Lipinski definition) is 3. The number of aryl methyl sites for hydroxylation is 2. The number of carbonyl (C=O) groups is 1. The fraction of sp³-hybridized carbons (Fsp3) is 0.130. The highest BCUT2D eigenvalue weighted by Crippen LogP contribution is 2.27. The largest absolute Gasteiger partial charge is 0.483 e. The molecule has 0 radical (unpaired) electrons. The Morgan fingerprint density at radius 1 is 1.14 bits per heavy atom. The highest BCUT2D eigenvalue weighted by atomic mass is 79.9. The highest BCUT2D eigenvalue weighted by Gasteiger charge is 2.07. The molecule has 0 unspecified atom stereocenters. The van der Waals surface area contributed by atoms with Crippen molar-refractivity contribution in [3.8, 4) is 5.75 Å². The Labute approximate surface area is 183 Å². The third kappa shape index (κ3) is 6.17. The first-order chi connectivity index (χ1) is 13.9. The van der Waals surface area contributed by atoms with Gasteiger partial charge in [0.15, 0.2) is 6.61 Å². The fourth-order valence-corrected chi connectivity index (χ4v) is 3.32. The van der Waals surface area contributed by atoms with Crippen LogP contribution in [-0.2, 0) is 4.79 Å². The van der Waals surface area contributed by atoms with Gasteiger partial charge in [-0.15, -0.1) is 0 Å². The molecular formula is C23H20BrClN2O2. The van der Waals surface area contributed by atoms with E-state index in [2.05, 4.69) is 26.2 Å². The molecule has 4 nitrogen and oxygen atoms in total. The minimum Gasteiger partial charge on any atom is -0.483 e. The Balaban J connectivity index is 1.61. The second kappa shape index (κ2) is 9.72. The van der Waals surface area contributed by atoms with Gasteiger partial charge in [0.25, 0.3) is 5.91 Å². The average molecular weight is 472 g/mol. The van der Waals surface area contributed by atoms with E-state index >= 15 is 0 Å². The molecule has 0 saturated heterocycles. The summed E-state index contributed by atoms with van der Waals surface area (Å²) in [6.45, 7) is 3.88. The second-order valence-corrected chi connectivity index (χ2v) is 7.88. The number of carbonyl (C=O) groups excluding carboxylic acids is 1. The van der Waals surface area contributed by atoms with Crippen LogP contribution in [-0.4, -0.2) is 18.7 Å². The Morgan fingerprint density at radius 2 is 1.97 bits per heavy atom. The van der Waals surface area contributed by atoms with Crippen molar-refractivity contribution in [3.63, 3.8) is 0 Å². The number of benzene rings is 3. The predicted molar refractivity (Wildman–Crippen MR) is 123 cm³/mol. The van der Waals surface area contributed by atoms with Gasteiger partial charge in [-0.2, -0.15) is 0 Å². The van der Waals surface area contributed by atoms with Crippen molar-refractivity contribution >= 4 is 51.0 Å². The van der Waals surface area contributed by atoms with Gasteiger partial charge in [-0.05, 0) is 88.9 Å². The van der Waals surface area contributed by atoms with E-state index < -0.39 is 0 Å². The summed E-state index contributed by atoms with van der Waals surface area (Å²) in [5.74, 6) is 0.366. The molecule has 0 aliphatic carbocycles. The first-order valence-corrected chi connectivity index (χ1v) is 10.2. The van der Waals surface area contributed by atoms with Gasteiger partial charge in [0.2, 0.25) is 0 Å². The van der Waals surface area contributed by atoms with Crippen LogP contribution in [0.15, 0.2) is 70.1 Å². The van der Waals surface area contributed by atoms with E-state index in [1.54, 1.807) is 12.3 Å². The molecule has 1 N–H and O–H groups in total. The van der Waals surface area contributed by atoms with E-state index in [9.17, 15) is 4.79 Å². The maximum absolute atomic E-state index is 12.1. The maximum atomic E-state index is 12.1. The van der Waals surface area contributed by atoms with Crippen LogP contribution in [0.2, 0.25) is 5.02 Å². The molecule has 0 fully saturated rings. The first kappa shape index (κ1) is 21.1. The average Bonchev–Trinajstić information content (AvgIpc) is 2.68. The van der Waals surface area contributed by atoms with E-state index in [0.717, 1.165) is 32.5 Å². The molecule has 3 rings (SSSR count). The molecule has 148 valence electrons. The number of halogens is 2. The normalized spacial score (nSPS) is 10.9. The number of aliphatic imine (C=N–C) groups is 1. The molecule has 0 saturated carbocycles. The molecule has 6 heteroatoms. The Morgan fingerprint density at radius 3 is 2.72 bits per heavy atom. The number of nitrogens with zero attached hydrogens (tertiary/aromatic N) is 1. The maximum Gasteiger partial charge on any atom is 0.262 e. The van der Waals surface area contributed by atoms with Gasteiger partial charge in [-0.25, -0.2) is 0 Å². The second-order valence-electron chi connectivity index (χ2n) is 6.59. The summed E-state index contributed by atoms with van der Waals surface area (Å²) >= 11 is 9.52. The zero-order chi connectivity index (χ0) is 20.8. The molecule has 3 aromatic rings. The molecule has 0 aliphatic heterocycles. The standard InChI is InChI=1S/C23H20BrClN2O2/c1-15-4-3-5-19(10-15)27-23(28)14-29-22-9-7-17(11-20(22)24)13-26-21-12-18(25)8-6-16(21)2/h3-13H,14H2,1-2H3,(H,27,28). The SMILES string of the molecule is Cc1cccc(NC(=O)COc2ccc(C=Nc3cc(Cl)ccc3C)cc2Br)c1. The molecule has 3 aromatic carbocycles. The van der Waals surface area contributed by atoms with Gasteiger partial charge in [-0.3, -0.25) is 9.79 Å². The van der Waals surface area contributed by atoms with Crippen LogP contribution < -0.4 is 10.1 Å². The molecule has 0 aliphatic rings. The first-order valence-electron chi connectivity index (χ1n) is 9.00. The van der Waals surface area contributed by atoms with Gasteiger partial charge in [0.1, 0.15) is 5.75 Å². The predicted octanol–water partition coefficient (Wildman–Crippen LogP) is 6.49. The Hall–Kier alpha value is -2.63. The van der Waals surface area contributed by atoms with Gasteiger partial charge >= 0.3 is 0 Å². The molecule has 1 amide bonds. The van der Waals surface area contributed by atoms with Crippen molar-refractivity contribution in [2.75, 3.05) is 11.9 Å². The van der Waals surface area contributed by atoms with Crippen LogP contribution in [0.3, 0.4) is 0 Å². The third-order valence-electron chi connectivity index (χ3n) is 4.14. The lowest BCUT2D eigenvalue weighted by Crippen LogP contribution is -2.20.